The molecule has 1 aromatic carbocycles. The van der Waals surface area contributed by atoms with Gasteiger partial charge in [0.25, 0.3) is 0 Å². The van der Waals surface area contributed by atoms with Gasteiger partial charge in [-0.25, -0.2) is 0 Å². The maximum atomic E-state index is 12.9. The van der Waals surface area contributed by atoms with Crippen LogP contribution in [0.3, 0.4) is 0 Å². The second-order valence-corrected chi connectivity index (χ2v) is 7.09. The summed E-state index contributed by atoms with van der Waals surface area (Å²) in [5, 5.41) is 0. The Morgan fingerprint density at radius 1 is 1.25 bits per heavy atom. The SMILES string of the molecule is CCC1CCCCN1C(=O)CN(Cc1ccccc1OC)C1CC1. The third-order valence-corrected chi connectivity index (χ3v) is 5.39. The van der Waals surface area contributed by atoms with Gasteiger partial charge in [0.15, 0.2) is 0 Å². The highest BCUT2D eigenvalue weighted by atomic mass is 16.5. The first kappa shape index (κ1) is 17.3. The topological polar surface area (TPSA) is 32.8 Å². The van der Waals surface area contributed by atoms with Crippen molar-refractivity contribution in [1.82, 2.24) is 9.80 Å². The molecule has 0 bridgehead atoms. The third kappa shape index (κ3) is 4.10. The number of carbonyl (C=O) groups excluding carboxylic acids is 1. The standard InChI is InChI=1S/C20H30N2O2/c1-3-17-9-6-7-13-22(17)20(23)15-21(18-11-12-18)14-16-8-4-5-10-19(16)24-2/h4-5,8,10,17-18H,3,6-7,9,11-15H2,1-2H3. The van der Waals surface area contributed by atoms with E-state index in [1.807, 2.05) is 18.2 Å². The Morgan fingerprint density at radius 2 is 2.04 bits per heavy atom. The van der Waals surface area contributed by atoms with Crippen molar-refractivity contribution in [3.05, 3.63) is 29.8 Å². The first-order valence-electron chi connectivity index (χ1n) is 9.38. The Labute approximate surface area is 145 Å². The molecule has 0 spiro atoms. The molecule has 0 radical (unpaired) electrons. The molecule has 0 aromatic heterocycles. The van der Waals surface area contributed by atoms with Crippen LogP contribution in [0.1, 0.15) is 51.0 Å². The summed E-state index contributed by atoms with van der Waals surface area (Å²) in [6.45, 7) is 4.47. The van der Waals surface area contributed by atoms with Crippen LogP contribution in [0.15, 0.2) is 24.3 Å². The van der Waals surface area contributed by atoms with Crippen molar-refractivity contribution >= 4 is 5.91 Å². The minimum absolute atomic E-state index is 0.309. The molecule has 3 rings (SSSR count). The van der Waals surface area contributed by atoms with Crippen LogP contribution in [-0.4, -0.2) is 48.0 Å². The van der Waals surface area contributed by atoms with E-state index in [9.17, 15) is 4.79 Å². The van der Waals surface area contributed by atoms with Crippen molar-refractivity contribution in [1.29, 1.82) is 0 Å². The molecular formula is C20H30N2O2. The Bertz CT molecular complexity index is 556. The number of methoxy groups -OCH3 is 1. The maximum absolute atomic E-state index is 12.9. The second kappa shape index (κ2) is 8.02. The molecule has 2 fully saturated rings. The lowest BCUT2D eigenvalue weighted by atomic mass is 10.00. The molecule has 1 heterocycles. The zero-order chi connectivity index (χ0) is 16.9. The highest BCUT2D eigenvalue weighted by Gasteiger charge is 2.33. The predicted molar refractivity (Wildman–Crippen MR) is 96.1 cm³/mol. The first-order chi connectivity index (χ1) is 11.7. The molecule has 132 valence electrons. The van der Waals surface area contributed by atoms with Crippen LogP contribution in [0.2, 0.25) is 0 Å². The third-order valence-electron chi connectivity index (χ3n) is 5.39. The van der Waals surface area contributed by atoms with Crippen LogP contribution in [0, 0.1) is 0 Å². The van der Waals surface area contributed by atoms with Gasteiger partial charge in [0.05, 0.1) is 13.7 Å². The van der Waals surface area contributed by atoms with Crippen molar-refractivity contribution in [3.63, 3.8) is 0 Å². The number of amides is 1. The fourth-order valence-corrected chi connectivity index (χ4v) is 3.82. The van der Waals surface area contributed by atoms with Gasteiger partial charge in [-0.15, -0.1) is 0 Å². The number of nitrogens with zero attached hydrogens (tertiary/aromatic N) is 2. The van der Waals surface area contributed by atoms with Gasteiger partial charge in [-0.2, -0.15) is 0 Å². The van der Waals surface area contributed by atoms with E-state index in [4.69, 9.17) is 4.74 Å². The average molecular weight is 330 g/mol. The molecule has 1 atom stereocenters. The van der Waals surface area contributed by atoms with Crippen LogP contribution in [0.4, 0.5) is 0 Å². The van der Waals surface area contributed by atoms with Crippen molar-refractivity contribution in [2.75, 3.05) is 20.2 Å². The monoisotopic (exact) mass is 330 g/mol. The Morgan fingerprint density at radius 3 is 2.75 bits per heavy atom. The average Bonchev–Trinajstić information content (AvgIpc) is 3.46. The minimum atomic E-state index is 0.309. The number of ether oxygens (including phenoxy) is 1. The minimum Gasteiger partial charge on any atom is -0.496 e. The molecule has 1 saturated carbocycles. The number of hydrogen-bond donors (Lipinski definition) is 0. The summed E-state index contributed by atoms with van der Waals surface area (Å²) in [5.41, 5.74) is 1.17. The molecule has 1 amide bonds. The van der Waals surface area contributed by atoms with Crippen molar-refractivity contribution in [2.24, 2.45) is 0 Å². The second-order valence-electron chi connectivity index (χ2n) is 7.09. The molecular weight excluding hydrogens is 300 g/mol. The fraction of sp³-hybridized carbons (Fsp3) is 0.650. The van der Waals surface area contributed by atoms with Crippen LogP contribution in [0.25, 0.3) is 0 Å². The fourth-order valence-electron chi connectivity index (χ4n) is 3.82. The number of likely N-dealkylation sites (tertiary alicyclic amines) is 1. The molecule has 1 aliphatic carbocycles. The van der Waals surface area contributed by atoms with E-state index in [1.165, 1.54) is 24.8 Å². The molecule has 4 heteroatoms. The normalized spacial score (nSPS) is 21.1. The lowest BCUT2D eigenvalue weighted by molar-refractivity contribution is -0.136. The summed E-state index contributed by atoms with van der Waals surface area (Å²) in [6.07, 6.45) is 7.06. The summed E-state index contributed by atoms with van der Waals surface area (Å²) in [5.74, 6) is 1.23. The van der Waals surface area contributed by atoms with E-state index in [2.05, 4.69) is 22.8 Å². The van der Waals surface area contributed by atoms with E-state index < -0.39 is 0 Å². The van der Waals surface area contributed by atoms with Crippen molar-refractivity contribution in [3.8, 4) is 5.75 Å². The van der Waals surface area contributed by atoms with Gasteiger partial charge in [0.1, 0.15) is 5.75 Å². The number of hydrogen-bond acceptors (Lipinski definition) is 3. The van der Waals surface area contributed by atoms with E-state index in [0.29, 0.717) is 24.5 Å². The van der Waals surface area contributed by atoms with E-state index in [1.54, 1.807) is 7.11 Å². The maximum Gasteiger partial charge on any atom is 0.237 e. The molecule has 1 unspecified atom stereocenters. The zero-order valence-corrected chi connectivity index (χ0v) is 15.0. The number of benzene rings is 1. The van der Waals surface area contributed by atoms with E-state index in [0.717, 1.165) is 38.1 Å². The van der Waals surface area contributed by atoms with Crippen molar-refractivity contribution < 1.29 is 9.53 Å². The lowest BCUT2D eigenvalue weighted by Gasteiger charge is -2.37. The van der Waals surface area contributed by atoms with Gasteiger partial charge in [0, 0.05) is 30.7 Å². The smallest absolute Gasteiger partial charge is 0.237 e. The summed E-state index contributed by atoms with van der Waals surface area (Å²) in [4.78, 5) is 17.4. The Balaban J connectivity index is 1.66. The van der Waals surface area contributed by atoms with Gasteiger partial charge < -0.3 is 9.64 Å². The van der Waals surface area contributed by atoms with Crippen molar-refractivity contribution in [2.45, 2.75) is 64.1 Å². The Kier molecular flexibility index (Phi) is 5.77. The van der Waals surface area contributed by atoms with Gasteiger partial charge in [-0.1, -0.05) is 25.1 Å². The van der Waals surface area contributed by atoms with Gasteiger partial charge in [-0.05, 0) is 44.6 Å². The summed E-state index contributed by atoms with van der Waals surface area (Å²) in [7, 11) is 1.71. The first-order valence-corrected chi connectivity index (χ1v) is 9.38. The molecule has 1 aromatic rings. The number of carbonyl (C=O) groups is 1. The molecule has 24 heavy (non-hydrogen) atoms. The number of rotatable bonds is 7. The zero-order valence-electron chi connectivity index (χ0n) is 15.0. The van der Waals surface area contributed by atoms with E-state index in [-0.39, 0.29) is 0 Å². The molecule has 1 aliphatic heterocycles. The Hall–Kier alpha value is -1.55. The van der Waals surface area contributed by atoms with Crippen LogP contribution < -0.4 is 4.74 Å². The summed E-state index contributed by atoms with van der Waals surface area (Å²) >= 11 is 0. The highest BCUT2D eigenvalue weighted by molar-refractivity contribution is 5.78. The quantitative estimate of drug-likeness (QED) is 0.768. The predicted octanol–water partition coefficient (Wildman–Crippen LogP) is 3.45. The van der Waals surface area contributed by atoms with Crippen LogP contribution in [-0.2, 0) is 11.3 Å². The molecule has 4 nitrogen and oxygen atoms in total. The van der Waals surface area contributed by atoms with Crippen LogP contribution >= 0.6 is 0 Å². The van der Waals surface area contributed by atoms with Gasteiger partial charge >= 0.3 is 0 Å². The largest absolute Gasteiger partial charge is 0.496 e. The van der Waals surface area contributed by atoms with Gasteiger partial charge in [-0.3, -0.25) is 9.69 Å². The van der Waals surface area contributed by atoms with Crippen LogP contribution in [0.5, 0.6) is 5.75 Å². The number of piperidine rings is 1. The summed E-state index contributed by atoms with van der Waals surface area (Å²) in [6, 6.07) is 9.15. The van der Waals surface area contributed by atoms with Gasteiger partial charge in [0.2, 0.25) is 5.91 Å². The highest BCUT2D eigenvalue weighted by Crippen LogP contribution is 2.30. The molecule has 2 aliphatic rings. The summed E-state index contributed by atoms with van der Waals surface area (Å²) < 4.78 is 5.48. The number of para-hydroxylation sites is 1. The molecule has 0 N–H and O–H groups in total. The lowest BCUT2D eigenvalue weighted by Crippen LogP contribution is -2.48. The molecule has 1 saturated heterocycles. The van der Waals surface area contributed by atoms with E-state index >= 15 is 0 Å².